The second kappa shape index (κ2) is 6.67. The second-order valence-corrected chi connectivity index (χ2v) is 7.06. The van der Waals surface area contributed by atoms with E-state index in [2.05, 4.69) is 0 Å². The van der Waals surface area contributed by atoms with Crippen LogP contribution in [0.15, 0.2) is 29.2 Å². The van der Waals surface area contributed by atoms with Crippen molar-refractivity contribution in [3.63, 3.8) is 0 Å². The van der Waals surface area contributed by atoms with Crippen molar-refractivity contribution in [3.8, 4) is 0 Å². The van der Waals surface area contributed by atoms with Gasteiger partial charge in [0, 0.05) is 6.04 Å². The van der Waals surface area contributed by atoms with E-state index in [1.165, 1.54) is 12.1 Å². The van der Waals surface area contributed by atoms with E-state index < -0.39 is 15.7 Å². The summed E-state index contributed by atoms with van der Waals surface area (Å²) in [6, 6.07) is 6.22. The van der Waals surface area contributed by atoms with Crippen molar-refractivity contribution < 1.29 is 18.1 Å². The van der Waals surface area contributed by atoms with Crippen molar-refractivity contribution in [1.29, 1.82) is 0 Å². The van der Waals surface area contributed by atoms with Crippen LogP contribution in [0.2, 0.25) is 0 Å². The lowest BCUT2D eigenvalue weighted by atomic mass is 9.84. The lowest BCUT2D eigenvalue weighted by Crippen LogP contribution is -2.38. The van der Waals surface area contributed by atoms with E-state index in [1.807, 2.05) is 13.8 Å². The molecule has 0 unspecified atom stereocenters. The number of aryl methyl sites for hydroxylation is 1. The minimum atomic E-state index is -4.02. The van der Waals surface area contributed by atoms with Crippen molar-refractivity contribution in [2.75, 3.05) is 0 Å². The van der Waals surface area contributed by atoms with Gasteiger partial charge in [-0.3, -0.25) is 4.55 Å². The van der Waals surface area contributed by atoms with Gasteiger partial charge in [-0.25, -0.2) is 0 Å². The van der Waals surface area contributed by atoms with Crippen LogP contribution in [0.3, 0.4) is 0 Å². The van der Waals surface area contributed by atoms with Gasteiger partial charge in [0.1, 0.15) is 0 Å². The molecule has 6 heteroatoms. The van der Waals surface area contributed by atoms with Crippen molar-refractivity contribution in [2.24, 2.45) is 5.73 Å². The zero-order valence-corrected chi connectivity index (χ0v) is 12.7. The Labute approximate surface area is 120 Å². The summed E-state index contributed by atoms with van der Waals surface area (Å²) < 4.78 is 29.6. The molecule has 0 aromatic heterocycles. The molecule has 1 saturated carbocycles. The summed E-state index contributed by atoms with van der Waals surface area (Å²) in [5.74, 6) is 0. The molecule has 0 amide bonds. The maximum absolute atomic E-state index is 10.5. The molecular formula is C14H23NO4S. The van der Waals surface area contributed by atoms with Gasteiger partial charge < -0.3 is 10.8 Å². The van der Waals surface area contributed by atoms with Crippen LogP contribution in [-0.2, 0) is 10.1 Å². The molecule has 5 nitrogen and oxygen atoms in total. The van der Waals surface area contributed by atoms with E-state index in [9.17, 15) is 13.5 Å². The molecule has 114 valence electrons. The predicted molar refractivity (Wildman–Crippen MR) is 78.1 cm³/mol. The Morgan fingerprint density at radius 3 is 2.20 bits per heavy atom. The average Bonchev–Trinajstić information content (AvgIpc) is 2.27. The first-order valence-electron chi connectivity index (χ1n) is 6.62. The summed E-state index contributed by atoms with van der Waals surface area (Å²) in [5, 5.41) is 9.46. The largest absolute Gasteiger partial charge is 0.390 e. The van der Waals surface area contributed by atoms with Crippen LogP contribution in [0.5, 0.6) is 0 Å². The summed E-state index contributed by atoms with van der Waals surface area (Å²) in [6.07, 6.45) is 3.85. The van der Waals surface area contributed by atoms with Gasteiger partial charge in [-0.2, -0.15) is 8.42 Å². The number of rotatable bonds is 1. The summed E-state index contributed by atoms with van der Waals surface area (Å²) in [4.78, 5) is -0.0666. The predicted octanol–water partition coefficient (Wildman–Crippen LogP) is 1.88. The fourth-order valence-electron chi connectivity index (χ4n) is 2.22. The first-order valence-corrected chi connectivity index (χ1v) is 8.06. The highest BCUT2D eigenvalue weighted by atomic mass is 32.2. The number of hydrogen-bond donors (Lipinski definition) is 3. The van der Waals surface area contributed by atoms with E-state index >= 15 is 0 Å². The molecule has 0 heterocycles. The van der Waals surface area contributed by atoms with Gasteiger partial charge in [0.05, 0.1) is 10.5 Å². The van der Waals surface area contributed by atoms with Gasteiger partial charge in [-0.05, 0) is 51.7 Å². The third-order valence-electron chi connectivity index (χ3n) is 3.31. The van der Waals surface area contributed by atoms with Crippen LogP contribution >= 0.6 is 0 Å². The molecule has 1 fully saturated rings. The standard InChI is InChI=1S/C7H15NO.C7H8O3S/c1-7(9)4-2-3-6(8)5-7;1-6-2-4-7(5-3-6)11(8,9)10/h6,9H,2-5,8H2,1H3;2-5H,1H3,(H,8,9,10)/t6-,7+;/m1./s1. The normalized spacial score (nSPS) is 26.6. The third-order valence-corrected chi connectivity index (χ3v) is 4.18. The molecule has 1 aliphatic carbocycles. The fourth-order valence-corrected chi connectivity index (χ4v) is 2.70. The first-order chi connectivity index (χ1) is 9.10. The zero-order valence-electron chi connectivity index (χ0n) is 11.9. The van der Waals surface area contributed by atoms with Gasteiger partial charge in [-0.15, -0.1) is 0 Å². The van der Waals surface area contributed by atoms with Gasteiger partial charge >= 0.3 is 0 Å². The van der Waals surface area contributed by atoms with Crippen LogP contribution < -0.4 is 5.73 Å². The molecule has 4 N–H and O–H groups in total. The van der Waals surface area contributed by atoms with Crippen molar-refractivity contribution >= 4 is 10.1 Å². The molecular weight excluding hydrogens is 278 g/mol. The first kappa shape index (κ1) is 17.1. The van der Waals surface area contributed by atoms with Crippen LogP contribution in [-0.4, -0.2) is 29.7 Å². The molecule has 0 spiro atoms. The number of aliphatic hydroxyl groups is 1. The highest BCUT2D eigenvalue weighted by Crippen LogP contribution is 2.26. The van der Waals surface area contributed by atoms with Crippen LogP contribution in [0.1, 0.15) is 38.2 Å². The smallest absolute Gasteiger partial charge is 0.294 e. The van der Waals surface area contributed by atoms with Crippen molar-refractivity contribution in [1.82, 2.24) is 0 Å². The van der Waals surface area contributed by atoms with Gasteiger partial charge in [0.15, 0.2) is 0 Å². The van der Waals surface area contributed by atoms with Gasteiger partial charge in [0.25, 0.3) is 10.1 Å². The maximum atomic E-state index is 10.5. The molecule has 1 aliphatic rings. The molecule has 0 aliphatic heterocycles. The second-order valence-electron chi connectivity index (χ2n) is 5.64. The minimum Gasteiger partial charge on any atom is -0.390 e. The minimum absolute atomic E-state index is 0.0666. The lowest BCUT2D eigenvalue weighted by molar-refractivity contribution is 0.0156. The summed E-state index contributed by atoms with van der Waals surface area (Å²) in [6.45, 7) is 3.71. The highest BCUT2D eigenvalue weighted by Gasteiger charge is 2.27. The SMILES string of the molecule is C[C@]1(O)CCC[C@@H](N)C1.Cc1ccc(S(=O)(=O)O)cc1. The van der Waals surface area contributed by atoms with Gasteiger partial charge in [0.2, 0.25) is 0 Å². The van der Waals surface area contributed by atoms with E-state index in [0.717, 1.165) is 31.2 Å². The topological polar surface area (TPSA) is 101 Å². The molecule has 0 radical (unpaired) electrons. The quantitative estimate of drug-likeness (QED) is 0.688. The third kappa shape index (κ3) is 6.00. The Hall–Kier alpha value is -0.950. The molecule has 2 atom stereocenters. The number of nitrogens with two attached hydrogens (primary N) is 1. The van der Waals surface area contributed by atoms with Crippen LogP contribution in [0.4, 0.5) is 0 Å². The highest BCUT2D eigenvalue weighted by molar-refractivity contribution is 7.85. The number of hydrogen-bond acceptors (Lipinski definition) is 4. The Balaban J connectivity index is 0.000000204. The summed E-state index contributed by atoms with van der Waals surface area (Å²) in [5.41, 5.74) is 6.13. The molecule has 1 aromatic rings. The van der Waals surface area contributed by atoms with Crippen molar-refractivity contribution in [3.05, 3.63) is 29.8 Å². The lowest BCUT2D eigenvalue weighted by Gasteiger charge is -2.31. The Morgan fingerprint density at radius 2 is 1.85 bits per heavy atom. The monoisotopic (exact) mass is 301 g/mol. The molecule has 2 rings (SSSR count). The summed E-state index contributed by atoms with van der Waals surface area (Å²) in [7, 11) is -4.02. The fraction of sp³-hybridized carbons (Fsp3) is 0.571. The Bertz CT molecular complexity index is 523. The van der Waals surface area contributed by atoms with Gasteiger partial charge in [-0.1, -0.05) is 17.7 Å². The molecule has 1 aromatic carbocycles. The number of benzene rings is 1. The Kier molecular flexibility index (Phi) is 5.70. The van der Waals surface area contributed by atoms with E-state index in [4.69, 9.17) is 10.3 Å². The van der Waals surface area contributed by atoms with E-state index in [1.54, 1.807) is 12.1 Å². The van der Waals surface area contributed by atoms with Crippen molar-refractivity contribution in [2.45, 2.75) is 56.1 Å². The maximum Gasteiger partial charge on any atom is 0.294 e. The van der Waals surface area contributed by atoms with Crippen LogP contribution in [0, 0.1) is 6.92 Å². The molecule has 0 bridgehead atoms. The summed E-state index contributed by atoms with van der Waals surface area (Å²) >= 11 is 0. The average molecular weight is 301 g/mol. The molecule has 20 heavy (non-hydrogen) atoms. The zero-order chi connectivity index (χ0) is 15.4. The van der Waals surface area contributed by atoms with E-state index in [0.29, 0.717) is 0 Å². The molecule has 0 saturated heterocycles. The van der Waals surface area contributed by atoms with Crippen LogP contribution in [0.25, 0.3) is 0 Å². The van der Waals surface area contributed by atoms with E-state index in [-0.39, 0.29) is 10.9 Å². The Morgan fingerprint density at radius 1 is 1.30 bits per heavy atom.